The SMILES string of the molecule is F[B-](F)(F)C[NH+]1CCN(c2ccccn2)CC1. The smallest absolute Gasteiger partial charge is 0.445 e. The molecule has 0 saturated carbocycles. The van der Waals surface area contributed by atoms with E-state index in [1.54, 1.807) is 6.20 Å². The minimum absolute atomic E-state index is 0.526. The monoisotopic (exact) mass is 245 g/mol. The fraction of sp³-hybridized carbons (Fsp3) is 0.500. The second-order valence-electron chi connectivity index (χ2n) is 4.34. The van der Waals surface area contributed by atoms with E-state index in [4.69, 9.17) is 0 Å². The van der Waals surface area contributed by atoms with Crippen molar-refractivity contribution in [2.75, 3.05) is 37.5 Å². The van der Waals surface area contributed by atoms with E-state index in [9.17, 15) is 12.9 Å². The molecule has 2 rings (SSSR count). The third kappa shape index (κ3) is 3.62. The van der Waals surface area contributed by atoms with Crippen LogP contribution in [0.5, 0.6) is 0 Å². The van der Waals surface area contributed by atoms with Crippen molar-refractivity contribution in [3.05, 3.63) is 24.4 Å². The van der Waals surface area contributed by atoms with Crippen molar-refractivity contribution in [3.8, 4) is 0 Å². The van der Waals surface area contributed by atoms with Gasteiger partial charge in [0.05, 0.1) is 32.6 Å². The molecule has 0 aliphatic carbocycles. The summed E-state index contributed by atoms with van der Waals surface area (Å²) in [6.07, 6.45) is 1.03. The molecule has 0 aromatic carbocycles. The summed E-state index contributed by atoms with van der Waals surface area (Å²) >= 11 is 0. The van der Waals surface area contributed by atoms with Crippen molar-refractivity contribution in [3.63, 3.8) is 0 Å². The van der Waals surface area contributed by atoms with E-state index in [0.29, 0.717) is 31.1 Å². The Morgan fingerprint density at radius 3 is 2.47 bits per heavy atom. The summed E-state index contributed by atoms with van der Waals surface area (Å²) in [7, 11) is 0. The van der Waals surface area contributed by atoms with E-state index in [-0.39, 0.29) is 0 Å². The molecule has 1 aromatic rings. The summed E-state index contributed by atoms with van der Waals surface area (Å²) < 4.78 is 36.8. The van der Waals surface area contributed by atoms with Gasteiger partial charge in [-0.1, -0.05) is 6.07 Å². The fourth-order valence-corrected chi connectivity index (χ4v) is 2.12. The summed E-state index contributed by atoms with van der Waals surface area (Å²) in [5, 5.41) is 0. The zero-order valence-corrected chi connectivity index (χ0v) is 9.45. The van der Waals surface area contributed by atoms with E-state index >= 15 is 0 Å². The molecule has 1 fully saturated rings. The lowest BCUT2D eigenvalue weighted by Gasteiger charge is -2.34. The van der Waals surface area contributed by atoms with Gasteiger partial charge < -0.3 is 22.7 Å². The van der Waals surface area contributed by atoms with Crippen LogP contribution >= 0.6 is 0 Å². The van der Waals surface area contributed by atoms with Gasteiger partial charge in [0.2, 0.25) is 0 Å². The minimum atomic E-state index is -4.67. The molecule has 0 unspecified atom stereocenters. The van der Waals surface area contributed by atoms with Gasteiger partial charge >= 0.3 is 6.98 Å². The molecule has 2 heterocycles. The molecule has 3 nitrogen and oxygen atoms in total. The van der Waals surface area contributed by atoms with Gasteiger partial charge in [-0.05, 0) is 12.1 Å². The van der Waals surface area contributed by atoms with Crippen molar-refractivity contribution in [1.82, 2.24) is 4.98 Å². The van der Waals surface area contributed by atoms with Crippen molar-refractivity contribution >= 4 is 12.8 Å². The van der Waals surface area contributed by atoms with Crippen LogP contribution in [-0.2, 0) is 0 Å². The highest BCUT2D eigenvalue weighted by molar-refractivity contribution is 6.58. The van der Waals surface area contributed by atoms with Crippen molar-refractivity contribution in [1.29, 1.82) is 0 Å². The number of quaternary nitrogens is 1. The standard InChI is InChI=1S/C10H14BF3N3/c12-11(13,14)9-16-5-7-17(8-6-16)10-3-1-2-4-15-10/h1-4H,5-9H2/q-1/p+1. The first kappa shape index (κ1) is 12.2. The molecule has 94 valence electrons. The van der Waals surface area contributed by atoms with E-state index in [0.717, 1.165) is 5.82 Å². The van der Waals surface area contributed by atoms with Crippen LogP contribution in [0.15, 0.2) is 24.4 Å². The van der Waals surface area contributed by atoms with Gasteiger partial charge in [-0.15, -0.1) is 0 Å². The predicted octanol–water partition coefficient (Wildman–Crippen LogP) is 0.173. The highest BCUT2D eigenvalue weighted by atomic mass is 19.4. The number of hydrogen-bond donors (Lipinski definition) is 1. The normalized spacial score (nSPS) is 18.4. The van der Waals surface area contributed by atoms with E-state index in [2.05, 4.69) is 4.98 Å². The summed E-state index contributed by atoms with van der Waals surface area (Å²) in [6.45, 7) is -2.35. The maximum absolute atomic E-state index is 12.3. The summed E-state index contributed by atoms with van der Waals surface area (Å²) in [5.74, 6) is 0.851. The molecule has 1 aliphatic heterocycles. The summed E-state index contributed by atoms with van der Waals surface area (Å²) in [4.78, 5) is 6.86. The van der Waals surface area contributed by atoms with Crippen LogP contribution in [-0.4, -0.2) is 44.6 Å². The molecule has 1 N–H and O–H groups in total. The third-order valence-corrected chi connectivity index (χ3v) is 2.96. The number of aromatic nitrogens is 1. The number of nitrogens with one attached hydrogen (secondary N) is 1. The number of halogens is 3. The zero-order valence-electron chi connectivity index (χ0n) is 9.45. The Kier molecular flexibility index (Phi) is 3.56. The van der Waals surface area contributed by atoms with E-state index < -0.39 is 13.4 Å². The van der Waals surface area contributed by atoms with Crippen LogP contribution < -0.4 is 9.80 Å². The van der Waals surface area contributed by atoms with Crippen molar-refractivity contribution < 1.29 is 17.8 Å². The lowest BCUT2D eigenvalue weighted by molar-refractivity contribution is -0.892. The van der Waals surface area contributed by atoms with Gasteiger partial charge in [0, 0.05) is 6.20 Å². The maximum atomic E-state index is 12.3. The van der Waals surface area contributed by atoms with Gasteiger partial charge in [-0.25, -0.2) is 4.98 Å². The van der Waals surface area contributed by atoms with Crippen LogP contribution in [0, 0.1) is 0 Å². The Bertz CT molecular complexity index is 350. The highest BCUT2D eigenvalue weighted by Gasteiger charge is 2.32. The molecule has 1 saturated heterocycles. The van der Waals surface area contributed by atoms with Crippen LogP contribution in [0.3, 0.4) is 0 Å². The molecule has 1 aliphatic rings. The first-order valence-corrected chi connectivity index (χ1v) is 5.75. The molecule has 0 radical (unpaired) electrons. The van der Waals surface area contributed by atoms with Crippen LogP contribution in [0.25, 0.3) is 0 Å². The van der Waals surface area contributed by atoms with Gasteiger partial charge in [-0.3, -0.25) is 0 Å². The highest BCUT2D eigenvalue weighted by Crippen LogP contribution is 2.09. The third-order valence-electron chi connectivity index (χ3n) is 2.96. The quantitative estimate of drug-likeness (QED) is 0.766. The van der Waals surface area contributed by atoms with Gasteiger partial charge in [0.1, 0.15) is 5.82 Å². The maximum Gasteiger partial charge on any atom is 0.531 e. The number of pyridine rings is 1. The Hall–Kier alpha value is -1.24. The fourth-order valence-electron chi connectivity index (χ4n) is 2.12. The molecule has 0 spiro atoms. The number of rotatable bonds is 3. The molecule has 0 atom stereocenters. The predicted molar refractivity (Wildman–Crippen MR) is 61.1 cm³/mol. The lowest BCUT2D eigenvalue weighted by Crippen LogP contribution is -3.16. The topological polar surface area (TPSA) is 20.6 Å². The minimum Gasteiger partial charge on any atom is -0.445 e. The Morgan fingerprint density at radius 1 is 1.24 bits per heavy atom. The van der Waals surface area contributed by atoms with E-state index in [1.165, 1.54) is 0 Å². The van der Waals surface area contributed by atoms with Crippen LogP contribution in [0.2, 0.25) is 0 Å². The molecule has 17 heavy (non-hydrogen) atoms. The van der Waals surface area contributed by atoms with E-state index in [1.807, 2.05) is 23.1 Å². The van der Waals surface area contributed by atoms with Crippen LogP contribution in [0.4, 0.5) is 18.8 Å². The molecule has 1 aromatic heterocycles. The zero-order chi connectivity index (χ0) is 12.3. The number of nitrogens with zero attached hydrogens (tertiary/aromatic N) is 2. The average Bonchev–Trinajstić information content (AvgIpc) is 2.29. The summed E-state index contributed by atoms with van der Waals surface area (Å²) in [6, 6.07) is 5.61. The molecule has 7 heteroatoms. The molecule has 0 bridgehead atoms. The molecule has 0 amide bonds. The largest absolute Gasteiger partial charge is 0.531 e. The molecular formula is C10H15BF3N3. The Balaban J connectivity index is 1.86. The van der Waals surface area contributed by atoms with Gasteiger partial charge in [-0.2, -0.15) is 0 Å². The van der Waals surface area contributed by atoms with Crippen LogP contribution in [0.1, 0.15) is 0 Å². The number of piperazine rings is 1. The number of hydrogen-bond acceptors (Lipinski definition) is 2. The molecular weight excluding hydrogens is 230 g/mol. The second-order valence-corrected chi connectivity index (χ2v) is 4.34. The Labute approximate surface area is 98.3 Å². The average molecular weight is 245 g/mol. The first-order chi connectivity index (χ1) is 8.04. The van der Waals surface area contributed by atoms with Crippen molar-refractivity contribution in [2.24, 2.45) is 0 Å². The van der Waals surface area contributed by atoms with Crippen molar-refractivity contribution in [2.45, 2.75) is 0 Å². The Morgan fingerprint density at radius 2 is 1.94 bits per heavy atom. The lowest BCUT2D eigenvalue weighted by atomic mass is 9.91. The van der Waals surface area contributed by atoms with Gasteiger partial charge in [0.15, 0.2) is 0 Å². The summed E-state index contributed by atoms with van der Waals surface area (Å²) in [5.41, 5.74) is 0. The second kappa shape index (κ2) is 4.95. The number of anilines is 1. The van der Waals surface area contributed by atoms with Gasteiger partial charge in [0.25, 0.3) is 0 Å². The first-order valence-electron chi connectivity index (χ1n) is 5.75.